The van der Waals surface area contributed by atoms with Crippen LogP contribution < -0.4 is 9.47 Å². The van der Waals surface area contributed by atoms with E-state index < -0.39 is 0 Å². The van der Waals surface area contributed by atoms with Crippen LogP contribution in [0.5, 0.6) is 11.5 Å². The third kappa shape index (κ3) is 2.41. The van der Waals surface area contributed by atoms with Crippen LogP contribution in [-0.2, 0) is 5.41 Å². The van der Waals surface area contributed by atoms with Gasteiger partial charge in [0.2, 0.25) is 0 Å². The van der Waals surface area contributed by atoms with Gasteiger partial charge in [0.1, 0.15) is 11.5 Å². The van der Waals surface area contributed by atoms with Gasteiger partial charge in [0.25, 0.3) is 12.5 Å². The summed E-state index contributed by atoms with van der Waals surface area (Å²) in [6, 6.07) is 16.2. The summed E-state index contributed by atoms with van der Waals surface area (Å²) in [4.78, 5) is 0. The van der Waals surface area contributed by atoms with Crippen LogP contribution in [-0.4, -0.2) is 0 Å². The maximum Gasteiger partial charge on any atom is 0.292 e. The van der Waals surface area contributed by atoms with Crippen molar-refractivity contribution in [2.45, 2.75) is 37.5 Å². The average Bonchev–Trinajstić information content (AvgIpc) is 3.42. The fourth-order valence-electron chi connectivity index (χ4n) is 6.72. The van der Waals surface area contributed by atoms with Crippen LogP contribution in [0.15, 0.2) is 48.5 Å². The molecule has 0 N–H and O–H groups in total. The first-order chi connectivity index (χ1) is 13.8. The fourth-order valence-corrected chi connectivity index (χ4v) is 6.72. The predicted octanol–water partition coefficient (Wildman–Crippen LogP) is 5.15. The molecule has 0 saturated heterocycles. The van der Waals surface area contributed by atoms with E-state index >= 15 is 0 Å². The molecule has 28 heavy (non-hydrogen) atoms. The van der Waals surface area contributed by atoms with E-state index in [9.17, 15) is 0 Å². The highest BCUT2D eigenvalue weighted by molar-refractivity contribution is 5.47. The Kier molecular flexibility index (Phi) is 4.02. The van der Waals surface area contributed by atoms with Gasteiger partial charge in [0.05, 0.1) is 0 Å². The minimum absolute atomic E-state index is 0.00742. The molecule has 2 aromatic rings. The molecule has 0 amide bonds. The lowest BCUT2D eigenvalue weighted by Gasteiger charge is -2.44. The predicted molar refractivity (Wildman–Crippen MR) is 103 cm³/mol. The van der Waals surface area contributed by atoms with Gasteiger partial charge in [0, 0.05) is 5.41 Å². The Morgan fingerprint density at radius 3 is 1.86 bits per heavy atom. The fraction of sp³-hybridized carbons (Fsp3) is 0.417. The molecule has 0 spiro atoms. The van der Waals surface area contributed by atoms with Crippen molar-refractivity contribution >= 4 is 0 Å². The zero-order valence-electron chi connectivity index (χ0n) is 15.7. The van der Waals surface area contributed by atoms with Gasteiger partial charge in [0.15, 0.2) is 0 Å². The summed E-state index contributed by atoms with van der Waals surface area (Å²) >= 11 is 0. The average molecular weight is 370 g/mol. The van der Waals surface area contributed by atoms with Gasteiger partial charge >= 0.3 is 0 Å². The van der Waals surface area contributed by atoms with E-state index in [1.165, 1.54) is 43.2 Å². The Labute approximate surface area is 165 Å². The SMILES string of the molecule is N#COc1ccc(C2(c3ccc(OC#N)cc3)CC3CC2C2CCCC32)cc1. The second-order valence-electron chi connectivity index (χ2n) is 8.47. The van der Waals surface area contributed by atoms with Gasteiger partial charge in [-0.05, 0) is 84.7 Å². The molecule has 0 aliphatic heterocycles. The Bertz CT molecular complexity index is 893. The quantitative estimate of drug-likeness (QED) is 0.698. The van der Waals surface area contributed by atoms with E-state index in [0.717, 1.165) is 17.8 Å². The molecule has 0 aromatic heterocycles. The molecule has 4 unspecified atom stereocenters. The maximum absolute atomic E-state index is 8.78. The Balaban J connectivity index is 1.59. The molecule has 3 saturated carbocycles. The van der Waals surface area contributed by atoms with Gasteiger partial charge in [-0.3, -0.25) is 0 Å². The standard InChI is InChI=1S/C24H22N2O2/c25-14-27-19-8-4-17(5-9-19)24(18-6-10-20(11-7-18)28-15-26)13-16-12-23(24)22-3-1-2-21(16)22/h4-11,16,21-23H,1-3,12-13H2. The molecule has 0 radical (unpaired) electrons. The lowest BCUT2D eigenvalue weighted by molar-refractivity contribution is 0.181. The van der Waals surface area contributed by atoms with Gasteiger partial charge in [-0.1, -0.05) is 30.7 Å². The van der Waals surface area contributed by atoms with E-state index in [1.54, 1.807) is 12.5 Å². The van der Waals surface area contributed by atoms with E-state index in [2.05, 4.69) is 24.3 Å². The summed E-state index contributed by atoms with van der Waals surface area (Å²) in [5.41, 5.74) is 2.61. The van der Waals surface area contributed by atoms with Crippen LogP contribution in [0.4, 0.5) is 0 Å². The summed E-state index contributed by atoms with van der Waals surface area (Å²) in [6.45, 7) is 0. The van der Waals surface area contributed by atoms with Crippen molar-refractivity contribution in [3.05, 3.63) is 59.7 Å². The van der Waals surface area contributed by atoms with Crippen LogP contribution in [0, 0.1) is 46.7 Å². The van der Waals surface area contributed by atoms with Crippen LogP contribution in [0.25, 0.3) is 0 Å². The van der Waals surface area contributed by atoms with Crippen molar-refractivity contribution < 1.29 is 9.47 Å². The molecule has 0 heterocycles. The minimum atomic E-state index is -0.00742. The molecular weight excluding hydrogens is 348 g/mol. The van der Waals surface area contributed by atoms with E-state index in [1.807, 2.05) is 24.3 Å². The van der Waals surface area contributed by atoms with Crippen LogP contribution in [0.1, 0.15) is 43.2 Å². The first kappa shape index (κ1) is 17.1. The molecule has 2 bridgehead atoms. The number of hydrogen-bond acceptors (Lipinski definition) is 4. The summed E-state index contributed by atoms with van der Waals surface area (Å²) in [7, 11) is 0. The third-order valence-corrected chi connectivity index (χ3v) is 7.59. The van der Waals surface area contributed by atoms with Crippen molar-refractivity contribution in [2.75, 3.05) is 0 Å². The summed E-state index contributed by atoms with van der Waals surface area (Å²) in [5.74, 6) is 4.32. The lowest BCUT2D eigenvalue weighted by atomic mass is 9.59. The number of nitriles is 2. The Morgan fingerprint density at radius 1 is 0.786 bits per heavy atom. The molecule has 4 atom stereocenters. The van der Waals surface area contributed by atoms with E-state index in [0.29, 0.717) is 17.4 Å². The molecule has 3 aliphatic carbocycles. The Hall–Kier alpha value is -2.98. The van der Waals surface area contributed by atoms with Crippen molar-refractivity contribution in [1.29, 1.82) is 10.5 Å². The second kappa shape index (κ2) is 6.57. The van der Waals surface area contributed by atoms with Crippen molar-refractivity contribution in [3.63, 3.8) is 0 Å². The zero-order valence-corrected chi connectivity index (χ0v) is 15.7. The third-order valence-electron chi connectivity index (χ3n) is 7.59. The highest BCUT2D eigenvalue weighted by Gasteiger charge is 2.61. The molecular formula is C24H22N2O2. The van der Waals surface area contributed by atoms with Gasteiger partial charge in [-0.15, -0.1) is 10.5 Å². The molecule has 3 fully saturated rings. The number of hydrogen-bond donors (Lipinski definition) is 0. The molecule has 3 aliphatic rings. The van der Waals surface area contributed by atoms with Crippen LogP contribution in [0.2, 0.25) is 0 Å². The second-order valence-corrected chi connectivity index (χ2v) is 8.47. The largest absolute Gasteiger partial charge is 0.388 e. The molecule has 5 rings (SSSR count). The number of benzene rings is 2. The Morgan fingerprint density at radius 2 is 1.32 bits per heavy atom. The molecule has 4 nitrogen and oxygen atoms in total. The van der Waals surface area contributed by atoms with E-state index in [-0.39, 0.29) is 5.41 Å². The van der Waals surface area contributed by atoms with Crippen LogP contribution >= 0.6 is 0 Å². The summed E-state index contributed by atoms with van der Waals surface area (Å²) < 4.78 is 9.99. The van der Waals surface area contributed by atoms with E-state index in [4.69, 9.17) is 20.0 Å². The number of rotatable bonds is 4. The minimum Gasteiger partial charge on any atom is -0.388 e. The summed E-state index contributed by atoms with van der Waals surface area (Å²) in [5, 5.41) is 17.6. The van der Waals surface area contributed by atoms with Gasteiger partial charge in [-0.2, -0.15) is 0 Å². The maximum atomic E-state index is 8.78. The smallest absolute Gasteiger partial charge is 0.292 e. The summed E-state index contributed by atoms with van der Waals surface area (Å²) in [6.07, 6.45) is 10.1. The monoisotopic (exact) mass is 370 g/mol. The topological polar surface area (TPSA) is 66.0 Å². The lowest BCUT2D eigenvalue weighted by Crippen LogP contribution is -2.40. The zero-order chi connectivity index (χ0) is 19.1. The molecule has 4 heteroatoms. The molecule has 140 valence electrons. The number of nitrogens with zero attached hydrogens (tertiary/aromatic N) is 2. The van der Waals surface area contributed by atoms with Crippen molar-refractivity contribution in [2.24, 2.45) is 23.7 Å². The van der Waals surface area contributed by atoms with Crippen molar-refractivity contribution in [3.8, 4) is 24.0 Å². The molecule has 2 aromatic carbocycles. The normalized spacial score (nSPS) is 28.9. The highest BCUT2D eigenvalue weighted by Crippen LogP contribution is 2.68. The highest BCUT2D eigenvalue weighted by atomic mass is 16.5. The van der Waals surface area contributed by atoms with Gasteiger partial charge in [-0.25, -0.2) is 0 Å². The van der Waals surface area contributed by atoms with Crippen LogP contribution in [0.3, 0.4) is 0 Å². The van der Waals surface area contributed by atoms with Gasteiger partial charge < -0.3 is 9.47 Å². The first-order valence-electron chi connectivity index (χ1n) is 10.1. The number of fused-ring (bicyclic) bond motifs is 5. The van der Waals surface area contributed by atoms with Crippen molar-refractivity contribution in [1.82, 2.24) is 0 Å². The first-order valence-corrected chi connectivity index (χ1v) is 10.1. The number of ether oxygens (including phenoxy) is 2.